The lowest BCUT2D eigenvalue weighted by atomic mass is 10.1. The van der Waals surface area contributed by atoms with Gasteiger partial charge in [0.05, 0.1) is 0 Å². The minimum atomic E-state index is -0.645. The Morgan fingerprint density at radius 1 is 1.50 bits per heavy atom. The number of aromatic amines is 1. The van der Waals surface area contributed by atoms with Crippen molar-refractivity contribution in [1.29, 1.82) is 0 Å². The molecule has 2 rings (SSSR count). The zero-order valence-corrected chi connectivity index (χ0v) is 10.3. The molecule has 0 spiro atoms. The van der Waals surface area contributed by atoms with Crippen LogP contribution in [-0.4, -0.2) is 27.5 Å². The highest BCUT2D eigenvalue weighted by Gasteiger charge is 2.23. The third-order valence-electron chi connectivity index (χ3n) is 3.21. The topological polar surface area (TPSA) is 95.1 Å². The van der Waals surface area contributed by atoms with Crippen molar-refractivity contribution in [3.05, 3.63) is 21.9 Å². The number of carbonyl (C=O) groups is 1. The number of amides is 1. The first-order valence-electron chi connectivity index (χ1n) is 6.24. The molecule has 6 heteroatoms. The van der Waals surface area contributed by atoms with E-state index >= 15 is 0 Å². The van der Waals surface area contributed by atoms with Gasteiger partial charge in [-0.2, -0.15) is 0 Å². The van der Waals surface area contributed by atoms with Crippen LogP contribution in [-0.2, 0) is 0 Å². The van der Waals surface area contributed by atoms with Crippen molar-refractivity contribution >= 4 is 5.91 Å². The van der Waals surface area contributed by atoms with Crippen LogP contribution in [0.5, 0.6) is 5.75 Å². The third kappa shape index (κ3) is 2.37. The van der Waals surface area contributed by atoms with Crippen LogP contribution >= 0.6 is 0 Å². The molecule has 0 aliphatic heterocycles. The van der Waals surface area contributed by atoms with Gasteiger partial charge in [-0.15, -0.1) is 0 Å². The monoisotopic (exact) mass is 251 g/mol. The molecule has 98 valence electrons. The minimum Gasteiger partial charge on any atom is -0.501 e. The lowest BCUT2D eigenvalue weighted by molar-refractivity contribution is 0.0947. The standard InChI is InChI=1S/C12H17N3O3/c1-2-13-11(17)8-9(16)12(18)15-10(14-8)7-5-3-4-6-7/h7,16H,2-6H2,1H3,(H,13,17)(H,14,15,18). The van der Waals surface area contributed by atoms with Gasteiger partial charge in [0, 0.05) is 12.5 Å². The third-order valence-corrected chi connectivity index (χ3v) is 3.21. The predicted octanol–water partition coefficient (Wildman–Crippen LogP) is 0.883. The molecule has 3 N–H and O–H groups in total. The maximum Gasteiger partial charge on any atom is 0.293 e. The SMILES string of the molecule is CCNC(=O)c1nc(C2CCCC2)[nH]c(=O)c1O. The molecule has 0 atom stereocenters. The van der Waals surface area contributed by atoms with Gasteiger partial charge in [0.25, 0.3) is 11.5 Å². The molecule has 1 heterocycles. The molecule has 0 radical (unpaired) electrons. The van der Waals surface area contributed by atoms with E-state index in [9.17, 15) is 14.7 Å². The van der Waals surface area contributed by atoms with E-state index in [1.54, 1.807) is 6.92 Å². The Balaban J connectivity index is 2.39. The zero-order chi connectivity index (χ0) is 13.1. The highest BCUT2D eigenvalue weighted by atomic mass is 16.3. The molecule has 6 nitrogen and oxygen atoms in total. The average Bonchev–Trinajstić information content (AvgIpc) is 2.86. The lowest BCUT2D eigenvalue weighted by Crippen LogP contribution is -2.27. The van der Waals surface area contributed by atoms with Gasteiger partial charge >= 0.3 is 0 Å². The number of hydrogen-bond acceptors (Lipinski definition) is 4. The normalized spacial score (nSPS) is 15.8. The fourth-order valence-electron chi connectivity index (χ4n) is 2.28. The van der Waals surface area contributed by atoms with E-state index in [1.807, 2.05) is 0 Å². The number of aromatic hydroxyl groups is 1. The number of nitrogens with zero attached hydrogens (tertiary/aromatic N) is 1. The van der Waals surface area contributed by atoms with E-state index < -0.39 is 17.2 Å². The average molecular weight is 251 g/mol. The summed E-state index contributed by atoms with van der Waals surface area (Å²) in [7, 11) is 0. The molecule has 0 aromatic carbocycles. The second-order valence-corrected chi connectivity index (χ2v) is 4.49. The molecule has 1 aromatic heterocycles. The van der Waals surface area contributed by atoms with Crippen LogP contribution in [0.3, 0.4) is 0 Å². The van der Waals surface area contributed by atoms with Crippen molar-refractivity contribution in [2.45, 2.75) is 38.5 Å². The first kappa shape index (κ1) is 12.6. The number of carbonyl (C=O) groups excluding carboxylic acids is 1. The van der Waals surface area contributed by atoms with Gasteiger partial charge in [0.2, 0.25) is 5.75 Å². The Labute approximate surface area is 104 Å². The van der Waals surface area contributed by atoms with Crippen LogP contribution in [0.15, 0.2) is 4.79 Å². The van der Waals surface area contributed by atoms with Crippen LogP contribution in [0.2, 0.25) is 0 Å². The van der Waals surface area contributed by atoms with E-state index in [0.29, 0.717) is 12.4 Å². The second-order valence-electron chi connectivity index (χ2n) is 4.49. The maximum atomic E-state index is 11.7. The van der Waals surface area contributed by atoms with E-state index in [2.05, 4.69) is 15.3 Å². The number of rotatable bonds is 3. The Kier molecular flexibility index (Phi) is 3.64. The van der Waals surface area contributed by atoms with Crippen molar-refractivity contribution in [2.75, 3.05) is 6.54 Å². The number of hydrogen-bond donors (Lipinski definition) is 3. The predicted molar refractivity (Wildman–Crippen MR) is 65.7 cm³/mol. The molecule has 1 fully saturated rings. The van der Waals surface area contributed by atoms with Crippen LogP contribution in [0.4, 0.5) is 0 Å². The molecule has 0 saturated heterocycles. The van der Waals surface area contributed by atoms with Gasteiger partial charge in [-0.25, -0.2) is 4.98 Å². The minimum absolute atomic E-state index is 0.178. The Morgan fingerprint density at radius 2 is 2.17 bits per heavy atom. The number of nitrogens with one attached hydrogen (secondary N) is 2. The fraction of sp³-hybridized carbons (Fsp3) is 0.583. The number of aromatic nitrogens is 2. The molecular weight excluding hydrogens is 234 g/mol. The molecule has 1 saturated carbocycles. The fourth-order valence-corrected chi connectivity index (χ4v) is 2.28. The van der Waals surface area contributed by atoms with Crippen LogP contribution in [0.1, 0.15) is 54.8 Å². The zero-order valence-electron chi connectivity index (χ0n) is 10.3. The van der Waals surface area contributed by atoms with Gasteiger partial charge < -0.3 is 15.4 Å². The summed E-state index contributed by atoms with van der Waals surface area (Å²) in [6, 6.07) is 0. The van der Waals surface area contributed by atoms with Crippen LogP contribution in [0.25, 0.3) is 0 Å². The van der Waals surface area contributed by atoms with Gasteiger partial charge in [-0.1, -0.05) is 12.8 Å². The molecule has 0 bridgehead atoms. The highest BCUT2D eigenvalue weighted by Crippen LogP contribution is 2.32. The van der Waals surface area contributed by atoms with Crippen LogP contribution in [0, 0.1) is 0 Å². The number of H-pyrrole nitrogens is 1. The van der Waals surface area contributed by atoms with Crippen molar-refractivity contribution in [2.24, 2.45) is 0 Å². The van der Waals surface area contributed by atoms with E-state index in [0.717, 1.165) is 25.7 Å². The molecule has 18 heavy (non-hydrogen) atoms. The second kappa shape index (κ2) is 5.20. The summed E-state index contributed by atoms with van der Waals surface area (Å²) in [5.74, 6) is -0.425. The Morgan fingerprint density at radius 3 is 2.78 bits per heavy atom. The first-order chi connectivity index (χ1) is 8.63. The summed E-state index contributed by atoms with van der Waals surface area (Å²) >= 11 is 0. The van der Waals surface area contributed by atoms with Crippen molar-refractivity contribution in [3.8, 4) is 5.75 Å². The summed E-state index contributed by atoms with van der Waals surface area (Å²) < 4.78 is 0. The highest BCUT2D eigenvalue weighted by molar-refractivity contribution is 5.94. The van der Waals surface area contributed by atoms with E-state index in [-0.39, 0.29) is 11.6 Å². The summed E-state index contributed by atoms with van der Waals surface area (Å²) in [5.41, 5.74) is -0.823. The van der Waals surface area contributed by atoms with Crippen LogP contribution < -0.4 is 10.9 Å². The van der Waals surface area contributed by atoms with Gasteiger partial charge in [-0.05, 0) is 19.8 Å². The largest absolute Gasteiger partial charge is 0.501 e. The van der Waals surface area contributed by atoms with Gasteiger partial charge in [0.15, 0.2) is 5.69 Å². The molecule has 0 unspecified atom stereocenters. The lowest BCUT2D eigenvalue weighted by Gasteiger charge is -2.10. The molecule has 1 aliphatic carbocycles. The summed E-state index contributed by atoms with van der Waals surface area (Å²) in [5, 5.41) is 12.1. The Hall–Kier alpha value is -1.85. The summed E-state index contributed by atoms with van der Waals surface area (Å²) in [4.78, 5) is 30.0. The summed E-state index contributed by atoms with van der Waals surface area (Å²) in [6.45, 7) is 2.19. The van der Waals surface area contributed by atoms with E-state index in [1.165, 1.54) is 0 Å². The van der Waals surface area contributed by atoms with E-state index in [4.69, 9.17) is 0 Å². The molecule has 1 amide bonds. The smallest absolute Gasteiger partial charge is 0.293 e. The molecule has 1 aliphatic rings. The Bertz CT molecular complexity index is 504. The van der Waals surface area contributed by atoms with Gasteiger partial charge in [0.1, 0.15) is 5.82 Å². The molecular formula is C12H17N3O3. The first-order valence-corrected chi connectivity index (χ1v) is 6.24. The van der Waals surface area contributed by atoms with Crippen molar-refractivity contribution in [1.82, 2.24) is 15.3 Å². The quantitative estimate of drug-likeness (QED) is 0.743. The van der Waals surface area contributed by atoms with Crippen molar-refractivity contribution in [3.63, 3.8) is 0 Å². The maximum absolute atomic E-state index is 11.7. The van der Waals surface area contributed by atoms with Gasteiger partial charge in [-0.3, -0.25) is 9.59 Å². The van der Waals surface area contributed by atoms with Crippen molar-refractivity contribution < 1.29 is 9.90 Å². The summed E-state index contributed by atoms with van der Waals surface area (Å²) in [6.07, 6.45) is 4.13. The molecule has 1 aromatic rings.